The van der Waals surface area contributed by atoms with Gasteiger partial charge in [0.05, 0.1) is 6.54 Å². The normalized spacial score (nSPS) is 23.0. The summed E-state index contributed by atoms with van der Waals surface area (Å²) in [5.41, 5.74) is 1.63. The fourth-order valence-corrected chi connectivity index (χ4v) is 5.44. The number of aryl methyl sites for hydroxylation is 2. The van der Waals surface area contributed by atoms with Crippen LogP contribution in [-0.4, -0.2) is 93.4 Å². The summed E-state index contributed by atoms with van der Waals surface area (Å²) < 4.78 is 10.8. The van der Waals surface area contributed by atoms with E-state index in [0.29, 0.717) is 31.7 Å². The highest BCUT2D eigenvalue weighted by atomic mass is 16.8. The number of nitrogens with one attached hydrogen (secondary N) is 1. The lowest BCUT2D eigenvalue weighted by Crippen LogP contribution is -2.53. The number of hydroxylamine groups is 2. The van der Waals surface area contributed by atoms with Gasteiger partial charge in [0, 0.05) is 37.9 Å². The zero-order valence-corrected chi connectivity index (χ0v) is 23.6. The van der Waals surface area contributed by atoms with Crippen molar-refractivity contribution >= 4 is 24.0 Å². The van der Waals surface area contributed by atoms with Crippen molar-refractivity contribution in [1.29, 1.82) is 0 Å². The minimum atomic E-state index is -1.20. The van der Waals surface area contributed by atoms with Gasteiger partial charge in [0.2, 0.25) is 0 Å². The number of aromatic nitrogens is 1. The van der Waals surface area contributed by atoms with Gasteiger partial charge >= 0.3 is 18.2 Å². The first-order valence-electron chi connectivity index (χ1n) is 14.2. The molecule has 0 unspecified atom stereocenters. The third-order valence-corrected chi connectivity index (χ3v) is 7.57. The summed E-state index contributed by atoms with van der Waals surface area (Å²) in [5, 5.41) is 23.8. The van der Waals surface area contributed by atoms with Gasteiger partial charge in [0.1, 0.15) is 23.6 Å². The molecule has 2 aliphatic heterocycles. The number of aliphatic hydroxyl groups excluding tert-OH is 1. The zero-order valence-electron chi connectivity index (χ0n) is 23.6. The number of amides is 1. The number of hydrogen-bond acceptors (Lipinski definition) is 10. The van der Waals surface area contributed by atoms with Crippen molar-refractivity contribution in [2.45, 2.75) is 95.9 Å². The number of pyridine rings is 1. The van der Waals surface area contributed by atoms with E-state index < -0.39 is 36.0 Å². The first-order valence-corrected chi connectivity index (χ1v) is 14.2. The molecule has 3 heterocycles. The molecular formula is C28H42N4O8. The molecule has 40 heavy (non-hydrogen) atoms. The smallest absolute Gasteiger partial charge is 0.480 e. The molecule has 4 rings (SSSR count). The van der Waals surface area contributed by atoms with E-state index in [2.05, 4.69) is 17.4 Å². The van der Waals surface area contributed by atoms with Gasteiger partial charge in [-0.3, -0.25) is 4.79 Å². The molecule has 0 aromatic carbocycles. The molecule has 0 spiro atoms. The van der Waals surface area contributed by atoms with Crippen LogP contribution in [0.4, 0.5) is 15.4 Å². The van der Waals surface area contributed by atoms with Crippen molar-refractivity contribution in [3.63, 3.8) is 0 Å². The highest BCUT2D eigenvalue weighted by molar-refractivity contribution is 5.73. The van der Waals surface area contributed by atoms with E-state index >= 15 is 0 Å². The molecule has 12 nitrogen and oxygen atoms in total. The van der Waals surface area contributed by atoms with E-state index in [4.69, 9.17) is 19.3 Å². The van der Waals surface area contributed by atoms with Crippen LogP contribution in [0, 0.1) is 5.92 Å². The van der Waals surface area contributed by atoms with Crippen LogP contribution in [0.2, 0.25) is 0 Å². The predicted octanol–water partition coefficient (Wildman–Crippen LogP) is 3.37. The molecule has 1 aromatic heterocycles. The minimum Gasteiger partial charge on any atom is -0.480 e. The number of rotatable bonds is 10. The number of aliphatic carboxylic acids is 1. The molecular weight excluding hydrogens is 520 g/mol. The third kappa shape index (κ3) is 7.97. The van der Waals surface area contributed by atoms with Gasteiger partial charge in [-0.2, -0.15) is 0 Å². The number of anilines is 1. The van der Waals surface area contributed by atoms with Gasteiger partial charge in [-0.25, -0.2) is 14.6 Å². The van der Waals surface area contributed by atoms with Crippen LogP contribution in [0.1, 0.15) is 70.6 Å². The summed E-state index contributed by atoms with van der Waals surface area (Å²) in [6.07, 6.45) is 3.40. The Bertz CT molecular complexity index is 1060. The molecule has 3 N–H and O–H groups in total. The highest BCUT2D eigenvalue weighted by Gasteiger charge is 2.42. The summed E-state index contributed by atoms with van der Waals surface area (Å²) in [7, 11) is 0. The maximum Gasteiger partial charge on any atom is 0.528 e. The second-order valence-corrected chi connectivity index (χ2v) is 11.9. The fourth-order valence-electron chi connectivity index (χ4n) is 5.44. The maximum atomic E-state index is 12.7. The average molecular weight is 563 g/mol. The molecule has 1 amide bonds. The summed E-state index contributed by atoms with van der Waals surface area (Å²) in [4.78, 5) is 48.7. The molecule has 1 aliphatic carbocycles. The Hall–Kier alpha value is -3.12. The number of ether oxygens (including phenoxy) is 2. The van der Waals surface area contributed by atoms with Crippen molar-refractivity contribution in [2.24, 2.45) is 5.92 Å². The molecule has 222 valence electrons. The van der Waals surface area contributed by atoms with Gasteiger partial charge in [0.25, 0.3) is 0 Å². The summed E-state index contributed by atoms with van der Waals surface area (Å²) in [6.45, 7) is 6.44. The lowest BCUT2D eigenvalue weighted by molar-refractivity contribution is -0.215. The van der Waals surface area contributed by atoms with Gasteiger partial charge in [-0.1, -0.05) is 6.07 Å². The monoisotopic (exact) mass is 562 g/mol. The topological polar surface area (TPSA) is 151 Å². The largest absolute Gasteiger partial charge is 0.528 e. The van der Waals surface area contributed by atoms with Gasteiger partial charge in [-0.15, -0.1) is 5.06 Å². The zero-order chi connectivity index (χ0) is 28.9. The van der Waals surface area contributed by atoms with E-state index in [1.54, 1.807) is 20.8 Å². The molecule has 1 aromatic rings. The number of carboxylic acids is 1. The Balaban J connectivity index is 1.29. The quantitative estimate of drug-likeness (QED) is 0.284. The molecule has 3 aliphatic rings. The predicted molar refractivity (Wildman–Crippen MR) is 145 cm³/mol. The molecule has 12 heteroatoms. The standard InChI is InChI=1S/C28H42N4O8/c1-28(2,3)39-26(36)31-13-10-22(17-31)38-27(37)40-32(23(11-14-33)25(34)35)21-15-18(16-21)6-8-20-9-7-19-5-4-12-29-24(19)30-20/h7,9,18,21-23,33H,4-6,8,10-17H2,1-3H3,(H,29,30)(H,34,35)/t18?,21?,22-,23-/m0/s1. The first-order chi connectivity index (χ1) is 19.0. The van der Waals surface area contributed by atoms with Gasteiger partial charge in [-0.05, 0) is 83.3 Å². The van der Waals surface area contributed by atoms with Crippen LogP contribution < -0.4 is 5.32 Å². The van der Waals surface area contributed by atoms with Crippen LogP contribution in [0.5, 0.6) is 0 Å². The van der Waals surface area contributed by atoms with Crippen molar-refractivity contribution in [2.75, 3.05) is 31.6 Å². The Morgan fingerprint density at radius 1 is 1.25 bits per heavy atom. The van der Waals surface area contributed by atoms with E-state index in [9.17, 15) is 24.6 Å². The maximum absolute atomic E-state index is 12.7. The number of carbonyl (C=O) groups is 3. The highest BCUT2D eigenvalue weighted by Crippen LogP contribution is 2.37. The number of nitrogens with zero attached hydrogens (tertiary/aromatic N) is 3. The third-order valence-electron chi connectivity index (χ3n) is 7.57. The Kier molecular flexibility index (Phi) is 9.72. The van der Waals surface area contributed by atoms with Gasteiger partial charge < -0.3 is 34.7 Å². The molecule has 1 saturated heterocycles. The van der Waals surface area contributed by atoms with Crippen LogP contribution in [-0.2, 0) is 31.9 Å². The lowest BCUT2D eigenvalue weighted by atomic mass is 9.76. The summed E-state index contributed by atoms with van der Waals surface area (Å²) in [6, 6.07) is 2.71. The molecule has 0 radical (unpaired) electrons. The number of hydrogen-bond donors (Lipinski definition) is 3. The Morgan fingerprint density at radius 2 is 2.02 bits per heavy atom. The number of fused-ring (bicyclic) bond motifs is 1. The fraction of sp³-hybridized carbons (Fsp3) is 0.714. The summed E-state index contributed by atoms with van der Waals surface area (Å²) >= 11 is 0. The van der Waals surface area contributed by atoms with E-state index in [1.807, 2.05) is 0 Å². The van der Waals surface area contributed by atoms with Crippen LogP contribution in [0.15, 0.2) is 12.1 Å². The van der Waals surface area contributed by atoms with Crippen molar-refractivity contribution < 1.29 is 38.9 Å². The second-order valence-electron chi connectivity index (χ2n) is 11.9. The number of carboxylic acid groups (broad SMARTS) is 1. The second kappa shape index (κ2) is 13.0. The van der Waals surface area contributed by atoms with Crippen molar-refractivity contribution in [1.82, 2.24) is 14.9 Å². The Labute approximate surface area is 234 Å². The Morgan fingerprint density at radius 3 is 2.73 bits per heavy atom. The average Bonchev–Trinajstić information content (AvgIpc) is 3.33. The van der Waals surface area contributed by atoms with E-state index in [1.165, 1.54) is 15.5 Å². The van der Waals surface area contributed by atoms with Crippen molar-refractivity contribution in [3.8, 4) is 0 Å². The number of likely N-dealkylation sites (tertiary alicyclic amines) is 1. The van der Waals surface area contributed by atoms with Gasteiger partial charge in [0.15, 0.2) is 0 Å². The first kappa shape index (κ1) is 29.9. The number of carbonyl (C=O) groups excluding carboxylic acids is 2. The number of aliphatic hydroxyl groups is 1. The van der Waals surface area contributed by atoms with Crippen LogP contribution in [0.25, 0.3) is 0 Å². The van der Waals surface area contributed by atoms with E-state index in [0.717, 1.165) is 43.7 Å². The van der Waals surface area contributed by atoms with E-state index in [-0.39, 0.29) is 25.6 Å². The molecule has 2 fully saturated rings. The van der Waals surface area contributed by atoms with Crippen LogP contribution in [0.3, 0.4) is 0 Å². The SMILES string of the molecule is CC(C)(C)OC(=O)N1CC[C@H](OC(=O)ON(C2CC(CCc3ccc4c(n3)NCCC4)C2)[C@@H](CCO)C(=O)O)C1. The van der Waals surface area contributed by atoms with Crippen LogP contribution >= 0.6 is 0 Å². The lowest BCUT2D eigenvalue weighted by Gasteiger charge is -2.43. The molecule has 0 bridgehead atoms. The van der Waals surface area contributed by atoms with Crippen molar-refractivity contribution in [3.05, 3.63) is 23.4 Å². The molecule has 1 saturated carbocycles. The molecule has 2 atom stereocenters. The summed E-state index contributed by atoms with van der Waals surface area (Å²) in [5.74, 6) is 0.116. The minimum absolute atomic E-state index is 0.0916.